The molecule has 0 saturated heterocycles. The number of hydrogen-bond acceptors (Lipinski definition) is 6. The Balaban J connectivity index is 1.86. The molecule has 2 aromatic heterocycles. The highest BCUT2D eigenvalue weighted by atomic mass is 32.2. The molecule has 23 heavy (non-hydrogen) atoms. The molecule has 0 unspecified atom stereocenters. The first kappa shape index (κ1) is 16.6. The first-order valence-electron chi connectivity index (χ1n) is 7.84. The maximum atomic E-state index is 11.3. The minimum absolute atomic E-state index is 0.144. The van der Waals surface area contributed by atoms with Crippen LogP contribution in [0.15, 0.2) is 28.0 Å². The molecule has 6 nitrogen and oxygen atoms in total. The van der Waals surface area contributed by atoms with E-state index in [9.17, 15) is 8.42 Å². The van der Waals surface area contributed by atoms with Gasteiger partial charge in [-0.2, -0.15) is 0 Å². The Morgan fingerprint density at radius 3 is 2.74 bits per heavy atom. The summed E-state index contributed by atoms with van der Waals surface area (Å²) in [7, 11) is -2.97. The fraction of sp³-hybridized carbons (Fsp3) is 0.600. The molecule has 0 N–H and O–H groups in total. The van der Waals surface area contributed by atoms with Gasteiger partial charge in [-0.1, -0.05) is 31.0 Å². The van der Waals surface area contributed by atoms with Gasteiger partial charge in [-0.15, -0.1) is 10.2 Å². The van der Waals surface area contributed by atoms with E-state index < -0.39 is 9.84 Å². The van der Waals surface area contributed by atoms with Crippen LogP contribution >= 0.6 is 11.8 Å². The molecule has 1 fully saturated rings. The van der Waals surface area contributed by atoms with Gasteiger partial charge in [0.25, 0.3) is 0 Å². The molecule has 0 atom stereocenters. The van der Waals surface area contributed by atoms with E-state index in [1.807, 2.05) is 12.1 Å². The van der Waals surface area contributed by atoms with Crippen molar-refractivity contribution in [3.05, 3.63) is 18.4 Å². The van der Waals surface area contributed by atoms with Gasteiger partial charge in [-0.25, -0.2) is 8.42 Å². The summed E-state index contributed by atoms with van der Waals surface area (Å²) in [5.74, 6) is 2.08. The number of sulfone groups is 1. The fourth-order valence-corrected chi connectivity index (χ4v) is 5.10. The van der Waals surface area contributed by atoms with Crippen molar-refractivity contribution in [1.29, 1.82) is 0 Å². The van der Waals surface area contributed by atoms with Gasteiger partial charge < -0.3 is 4.42 Å². The van der Waals surface area contributed by atoms with Crippen molar-refractivity contribution in [3.63, 3.8) is 0 Å². The van der Waals surface area contributed by atoms with E-state index in [0.29, 0.717) is 17.6 Å². The quantitative estimate of drug-likeness (QED) is 0.741. The molecule has 2 heterocycles. The SMILES string of the molecule is CS(=O)(=O)CCSc1nnc(-c2ccco2)n1C1CCCCC1. The fourth-order valence-electron chi connectivity index (χ4n) is 2.90. The third kappa shape index (κ3) is 4.17. The van der Waals surface area contributed by atoms with Crippen molar-refractivity contribution in [2.45, 2.75) is 43.3 Å². The third-order valence-corrected chi connectivity index (χ3v) is 6.18. The Hall–Kier alpha value is -1.28. The summed E-state index contributed by atoms with van der Waals surface area (Å²) in [6.07, 6.45) is 8.77. The number of nitrogens with zero attached hydrogens (tertiary/aromatic N) is 3. The molecule has 0 radical (unpaired) electrons. The Morgan fingerprint density at radius 1 is 1.30 bits per heavy atom. The van der Waals surface area contributed by atoms with Gasteiger partial charge in [0, 0.05) is 18.1 Å². The first-order valence-corrected chi connectivity index (χ1v) is 10.9. The Bertz CT molecular complexity index is 732. The lowest BCUT2D eigenvalue weighted by atomic mass is 9.95. The zero-order valence-corrected chi connectivity index (χ0v) is 14.8. The van der Waals surface area contributed by atoms with Crippen LogP contribution in [-0.4, -0.2) is 40.9 Å². The lowest BCUT2D eigenvalue weighted by Crippen LogP contribution is -2.15. The highest BCUT2D eigenvalue weighted by Gasteiger charge is 2.25. The summed E-state index contributed by atoms with van der Waals surface area (Å²) in [6, 6.07) is 4.08. The Labute approximate surface area is 140 Å². The van der Waals surface area contributed by atoms with E-state index in [2.05, 4.69) is 14.8 Å². The van der Waals surface area contributed by atoms with Crippen molar-refractivity contribution < 1.29 is 12.8 Å². The van der Waals surface area contributed by atoms with Crippen LogP contribution in [0.3, 0.4) is 0 Å². The van der Waals surface area contributed by atoms with Crippen LogP contribution in [0, 0.1) is 0 Å². The first-order chi connectivity index (χ1) is 11.0. The second-order valence-electron chi connectivity index (χ2n) is 5.92. The summed E-state index contributed by atoms with van der Waals surface area (Å²) < 4.78 is 30.3. The van der Waals surface area contributed by atoms with Gasteiger partial charge in [0.1, 0.15) is 9.84 Å². The minimum atomic E-state index is -2.97. The predicted octanol–water partition coefficient (Wildman–Crippen LogP) is 3.18. The van der Waals surface area contributed by atoms with E-state index in [1.165, 1.54) is 37.3 Å². The Kier molecular flexibility index (Phi) is 5.11. The zero-order chi connectivity index (χ0) is 16.3. The lowest BCUT2D eigenvalue weighted by molar-refractivity contribution is 0.337. The molecular weight excluding hydrogens is 334 g/mol. The number of hydrogen-bond donors (Lipinski definition) is 0. The van der Waals surface area contributed by atoms with E-state index in [0.717, 1.165) is 23.8 Å². The zero-order valence-electron chi connectivity index (χ0n) is 13.1. The number of aromatic nitrogens is 3. The van der Waals surface area contributed by atoms with Gasteiger partial charge >= 0.3 is 0 Å². The summed E-state index contributed by atoms with van der Waals surface area (Å²) in [4.78, 5) is 0. The number of thioether (sulfide) groups is 1. The van der Waals surface area contributed by atoms with Crippen molar-refractivity contribution >= 4 is 21.6 Å². The average molecular weight is 355 g/mol. The smallest absolute Gasteiger partial charge is 0.200 e. The second-order valence-corrected chi connectivity index (χ2v) is 9.25. The van der Waals surface area contributed by atoms with Crippen molar-refractivity contribution in [2.24, 2.45) is 0 Å². The molecular formula is C15H21N3O3S2. The van der Waals surface area contributed by atoms with Crippen LogP contribution in [0.2, 0.25) is 0 Å². The third-order valence-electron chi connectivity index (χ3n) is 4.03. The molecule has 126 valence electrons. The monoisotopic (exact) mass is 355 g/mol. The van der Waals surface area contributed by atoms with Gasteiger partial charge in [0.2, 0.25) is 5.82 Å². The molecule has 0 amide bonds. The summed E-state index contributed by atoms with van der Waals surface area (Å²) in [5, 5.41) is 9.37. The summed E-state index contributed by atoms with van der Waals surface area (Å²) >= 11 is 1.45. The highest BCUT2D eigenvalue weighted by molar-refractivity contribution is 8.00. The van der Waals surface area contributed by atoms with Crippen LogP contribution in [0.25, 0.3) is 11.6 Å². The number of rotatable bonds is 6. The molecule has 3 rings (SSSR count). The van der Waals surface area contributed by atoms with Crippen LogP contribution in [0.5, 0.6) is 0 Å². The molecule has 0 spiro atoms. The molecule has 0 bridgehead atoms. The molecule has 0 aromatic carbocycles. The van der Waals surface area contributed by atoms with Crippen molar-refractivity contribution in [3.8, 4) is 11.6 Å². The molecule has 1 aliphatic carbocycles. The van der Waals surface area contributed by atoms with E-state index in [-0.39, 0.29) is 5.75 Å². The van der Waals surface area contributed by atoms with E-state index in [4.69, 9.17) is 4.42 Å². The minimum Gasteiger partial charge on any atom is -0.461 e. The van der Waals surface area contributed by atoms with Gasteiger partial charge in [0.05, 0.1) is 12.0 Å². The molecule has 1 saturated carbocycles. The predicted molar refractivity (Wildman–Crippen MR) is 90.3 cm³/mol. The average Bonchev–Trinajstić information content (AvgIpc) is 3.15. The highest BCUT2D eigenvalue weighted by Crippen LogP contribution is 2.35. The Morgan fingerprint density at radius 2 is 2.09 bits per heavy atom. The van der Waals surface area contributed by atoms with Gasteiger partial charge in [0.15, 0.2) is 10.9 Å². The largest absolute Gasteiger partial charge is 0.461 e. The molecule has 8 heteroatoms. The molecule has 2 aromatic rings. The topological polar surface area (TPSA) is 78.0 Å². The standard InChI is InChI=1S/C15H21N3O3S2/c1-23(19,20)11-10-22-15-17-16-14(13-8-5-9-21-13)18(15)12-6-3-2-4-7-12/h5,8-9,12H,2-4,6-7,10-11H2,1H3. The van der Waals surface area contributed by atoms with Crippen molar-refractivity contribution in [2.75, 3.05) is 17.8 Å². The van der Waals surface area contributed by atoms with Crippen molar-refractivity contribution in [1.82, 2.24) is 14.8 Å². The molecule has 0 aliphatic heterocycles. The van der Waals surface area contributed by atoms with E-state index >= 15 is 0 Å². The van der Waals surface area contributed by atoms with Crippen LogP contribution in [0.4, 0.5) is 0 Å². The van der Waals surface area contributed by atoms with Crippen LogP contribution in [-0.2, 0) is 9.84 Å². The summed E-state index contributed by atoms with van der Waals surface area (Å²) in [6.45, 7) is 0. The molecule has 1 aliphatic rings. The normalized spacial score (nSPS) is 16.7. The second kappa shape index (κ2) is 7.09. The lowest BCUT2D eigenvalue weighted by Gasteiger charge is -2.25. The maximum absolute atomic E-state index is 11.3. The maximum Gasteiger partial charge on any atom is 0.200 e. The van der Waals surface area contributed by atoms with Gasteiger partial charge in [-0.3, -0.25) is 4.57 Å². The summed E-state index contributed by atoms with van der Waals surface area (Å²) in [5.41, 5.74) is 0. The van der Waals surface area contributed by atoms with Crippen LogP contribution in [0.1, 0.15) is 38.1 Å². The van der Waals surface area contributed by atoms with E-state index in [1.54, 1.807) is 6.26 Å². The van der Waals surface area contributed by atoms with Gasteiger partial charge in [-0.05, 0) is 25.0 Å². The van der Waals surface area contributed by atoms with Crippen LogP contribution < -0.4 is 0 Å². The number of furan rings is 1.